The number of benzene rings is 1. The number of urea groups is 1. The van der Waals surface area contributed by atoms with E-state index >= 15 is 0 Å². The monoisotopic (exact) mass is 369 g/mol. The second-order valence-electron chi connectivity index (χ2n) is 6.90. The summed E-state index contributed by atoms with van der Waals surface area (Å²) in [6.45, 7) is 3.76. The minimum Gasteiger partial charge on any atom is -0.342 e. The summed E-state index contributed by atoms with van der Waals surface area (Å²) in [6.07, 6.45) is 5.09. The van der Waals surface area contributed by atoms with Crippen molar-refractivity contribution in [1.29, 1.82) is 0 Å². The normalized spacial score (nSPS) is 14.8. The molecule has 1 aliphatic heterocycles. The predicted molar refractivity (Wildman–Crippen MR) is 104 cm³/mol. The minimum atomic E-state index is -0.260. The molecule has 144 valence electrons. The molecule has 7 nitrogen and oxygen atoms in total. The Balaban J connectivity index is 1.53. The molecule has 27 heavy (non-hydrogen) atoms. The van der Waals surface area contributed by atoms with E-state index in [0.717, 1.165) is 43.6 Å². The van der Waals surface area contributed by atoms with Gasteiger partial charge in [0.15, 0.2) is 0 Å². The fourth-order valence-corrected chi connectivity index (χ4v) is 3.40. The van der Waals surface area contributed by atoms with Crippen LogP contribution in [-0.2, 0) is 18.3 Å². The molecule has 2 heterocycles. The van der Waals surface area contributed by atoms with E-state index in [-0.39, 0.29) is 18.0 Å². The molecule has 3 amide bonds. The van der Waals surface area contributed by atoms with Gasteiger partial charge in [-0.05, 0) is 43.0 Å². The summed E-state index contributed by atoms with van der Waals surface area (Å²) in [5.41, 5.74) is 2.62. The highest BCUT2D eigenvalue weighted by molar-refractivity contribution is 5.89. The Hall–Kier alpha value is -2.83. The van der Waals surface area contributed by atoms with Crippen molar-refractivity contribution >= 4 is 17.6 Å². The standard InChI is InChI=1S/C20H27N5O2/c1-3-17(18-10-11-21-24(18)2)23-20(27)22-16-8-6-15(7-9-16)14-19(26)25-12-4-5-13-25/h6-11,17H,3-5,12-14H2,1-2H3,(H2,22,23,27). The molecule has 0 saturated carbocycles. The molecule has 2 aromatic rings. The van der Waals surface area contributed by atoms with E-state index in [1.807, 2.05) is 49.2 Å². The average molecular weight is 369 g/mol. The number of nitrogens with zero attached hydrogens (tertiary/aromatic N) is 3. The summed E-state index contributed by atoms with van der Waals surface area (Å²) in [4.78, 5) is 26.4. The van der Waals surface area contributed by atoms with Crippen LogP contribution in [0.5, 0.6) is 0 Å². The molecule has 1 aromatic carbocycles. The van der Waals surface area contributed by atoms with Crippen molar-refractivity contribution in [2.45, 2.75) is 38.6 Å². The molecule has 7 heteroatoms. The van der Waals surface area contributed by atoms with Crippen LogP contribution in [0.3, 0.4) is 0 Å². The molecule has 3 rings (SSSR count). The van der Waals surface area contributed by atoms with E-state index in [9.17, 15) is 9.59 Å². The van der Waals surface area contributed by atoms with Crippen LogP contribution < -0.4 is 10.6 Å². The van der Waals surface area contributed by atoms with Gasteiger partial charge < -0.3 is 15.5 Å². The van der Waals surface area contributed by atoms with Crippen LogP contribution in [0.1, 0.15) is 43.5 Å². The van der Waals surface area contributed by atoms with Crippen LogP contribution in [0.15, 0.2) is 36.5 Å². The Morgan fingerprint density at radius 2 is 1.85 bits per heavy atom. The van der Waals surface area contributed by atoms with Crippen molar-refractivity contribution in [3.63, 3.8) is 0 Å². The Labute approximate surface area is 159 Å². The fourth-order valence-electron chi connectivity index (χ4n) is 3.40. The van der Waals surface area contributed by atoms with E-state index in [0.29, 0.717) is 12.1 Å². The topological polar surface area (TPSA) is 79.3 Å². The molecule has 2 N–H and O–H groups in total. The number of nitrogens with one attached hydrogen (secondary N) is 2. The van der Waals surface area contributed by atoms with Crippen molar-refractivity contribution in [2.75, 3.05) is 18.4 Å². The number of anilines is 1. The predicted octanol–water partition coefficient (Wildman–Crippen LogP) is 2.86. The molecule has 1 atom stereocenters. The van der Waals surface area contributed by atoms with Gasteiger partial charge in [0, 0.05) is 32.0 Å². The first-order chi connectivity index (χ1) is 13.1. The highest BCUT2D eigenvalue weighted by Crippen LogP contribution is 2.17. The lowest BCUT2D eigenvalue weighted by atomic mass is 10.1. The average Bonchev–Trinajstić information content (AvgIpc) is 3.33. The van der Waals surface area contributed by atoms with E-state index in [1.54, 1.807) is 10.9 Å². The quantitative estimate of drug-likeness (QED) is 0.822. The number of hydrogen-bond donors (Lipinski definition) is 2. The first kappa shape index (κ1) is 18.9. The molecule has 1 unspecified atom stereocenters. The lowest BCUT2D eigenvalue weighted by molar-refractivity contribution is -0.129. The van der Waals surface area contributed by atoms with Crippen LogP contribution in [-0.4, -0.2) is 39.7 Å². The summed E-state index contributed by atoms with van der Waals surface area (Å²) in [5, 5.41) is 9.97. The number of aryl methyl sites for hydroxylation is 1. The molecule has 1 aromatic heterocycles. The number of likely N-dealkylation sites (tertiary alicyclic amines) is 1. The number of hydrogen-bond acceptors (Lipinski definition) is 3. The van der Waals surface area contributed by atoms with Gasteiger partial charge in [-0.2, -0.15) is 5.10 Å². The Morgan fingerprint density at radius 3 is 2.44 bits per heavy atom. The van der Waals surface area contributed by atoms with Crippen LogP contribution in [0.4, 0.5) is 10.5 Å². The van der Waals surface area contributed by atoms with Gasteiger partial charge >= 0.3 is 6.03 Å². The molecular formula is C20H27N5O2. The maximum Gasteiger partial charge on any atom is 0.319 e. The van der Waals surface area contributed by atoms with Gasteiger partial charge in [-0.3, -0.25) is 9.48 Å². The molecule has 0 radical (unpaired) electrons. The van der Waals surface area contributed by atoms with E-state index in [2.05, 4.69) is 15.7 Å². The van der Waals surface area contributed by atoms with Gasteiger partial charge in [-0.15, -0.1) is 0 Å². The molecular weight excluding hydrogens is 342 g/mol. The zero-order valence-electron chi connectivity index (χ0n) is 15.9. The molecule has 1 fully saturated rings. The Morgan fingerprint density at radius 1 is 1.15 bits per heavy atom. The smallest absolute Gasteiger partial charge is 0.319 e. The maximum absolute atomic E-state index is 12.3. The Bertz CT molecular complexity index is 778. The van der Waals surface area contributed by atoms with Gasteiger partial charge in [0.25, 0.3) is 0 Å². The number of carbonyl (C=O) groups is 2. The van der Waals surface area contributed by atoms with E-state index in [4.69, 9.17) is 0 Å². The number of amides is 3. The number of carbonyl (C=O) groups excluding carboxylic acids is 2. The highest BCUT2D eigenvalue weighted by Gasteiger charge is 2.18. The number of aromatic nitrogens is 2. The van der Waals surface area contributed by atoms with Crippen molar-refractivity contribution in [1.82, 2.24) is 20.0 Å². The summed E-state index contributed by atoms with van der Waals surface area (Å²) in [5.74, 6) is 0.174. The van der Waals surface area contributed by atoms with Crippen molar-refractivity contribution in [3.05, 3.63) is 47.8 Å². The minimum absolute atomic E-state index is 0.102. The van der Waals surface area contributed by atoms with Crippen molar-refractivity contribution in [3.8, 4) is 0 Å². The number of rotatable bonds is 6. The summed E-state index contributed by atoms with van der Waals surface area (Å²) in [6, 6.07) is 8.98. The van der Waals surface area contributed by atoms with E-state index in [1.165, 1.54) is 0 Å². The summed E-state index contributed by atoms with van der Waals surface area (Å²) < 4.78 is 1.76. The second-order valence-corrected chi connectivity index (χ2v) is 6.90. The molecule has 0 aliphatic carbocycles. The largest absolute Gasteiger partial charge is 0.342 e. The third kappa shape index (κ3) is 4.87. The molecule has 0 bridgehead atoms. The first-order valence-corrected chi connectivity index (χ1v) is 9.49. The van der Waals surface area contributed by atoms with Crippen LogP contribution in [0.2, 0.25) is 0 Å². The van der Waals surface area contributed by atoms with Gasteiger partial charge in [0.05, 0.1) is 18.2 Å². The third-order valence-corrected chi connectivity index (χ3v) is 4.96. The van der Waals surface area contributed by atoms with Crippen LogP contribution in [0, 0.1) is 0 Å². The van der Waals surface area contributed by atoms with Gasteiger partial charge in [-0.25, -0.2) is 4.79 Å². The first-order valence-electron chi connectivity index (χ1n) is 9.49. The fraction of sp³-hybridized carbons (Fsp3) is 0.450. The maximum atomic E-state index is 12.3. The summed E-state index contributed by atoms with van der Waals surface area (Å²) in [7, 11) is 1.86. The molecule has 0 spiro atoms. The Kier molecular flexibility index (Phi) is 6.11. The van der Waals surface area contributed by atoms with E-state index < -0.39 is 0 Å². The summed E-state index contributed by atoms with van der Waals surface area (Å²) >= 11 is 0. The lowest BCUT2D eigenvalue weighted by Gasteiger charge is -2.18. The third-order valence-electron chi connectivity index (χ3n) is 4.96. The highest BCUT2D eigenvalue weighted by atomic mass is 16.2. The zero-order chi connectivity index (χ0) is 19.2. The van der Waals surface area contributed by atoms with Crippen molar-refractivity contribution < 1.29 is 9.59 Å². The lowest BCUT2D eigenvalue weighted by Crippen LogP contribution is -2.33. The second kappa shape index (κ2) is 8.70. The van der Waals surface area contributed by atoms with Crippen LogP contribution >= 0.6 is 0 Å². The van der Waals surface area contributed by atoms with Gasteiger partial charge in [0.2, 0.25) is 5.91 Å². The van der Waals surface area contributed by atoms with Gasteiger partial charge in [0.1, 0.15) is 0 Å². The van der Waals surface area contributed by atoms with Gasteiger partial charge in [-0.1, -0.05) is 19.1 Å². The zero-order valence-corrected chi connectivity index (χ0v) is 15.9. The SMILES string of the molecule is CCC(NC(=O)Nc1ccc(CC(=O)N2CCCC2)cc1)c1ccnn1C. The van der Waals surface area contributed by atoms with Crippen molar-refractivity contribution in [2.24, 2.45) is 7.05 Å². The molecule has 1 aliphatic rings. The molecule has 1 saturated heterocycles. The van der Waals surface area contributed by atoms with Crippen LogP contribution in [0.25, 0.3) is 0 Å².